The molecular weight excluding hydrogens is 552 g/mol. The number of hydrogen-bond donors (Lipinski definition) is 1. The van der Waals surface area contributed by atoms with E-state index < -0.39 is 29.9 Å². The van der Waals surface area contributed by atoms with Crippen molar-refractivity contribution in [2.45, 2.75) is 31.4 Å². The summed E-state index contributed by atoms with van der Waals surface area (Å²) < 4.78 is 57.8. The second-order valence-electron chi connectivity index (χ2n) is 9.35. The maximum atomic E-state index is 13.8. The number of alkyl halides is 4. The maximum absolute atomic E-state index is 13.8. The number of hydrogen-bond acceptors (Lipinski definition) is 4. The molecule has 0 unspecified atom stereocenters. The second-order valence-corrected chi connectivity index (χ2v) is 9.78. The van der Waals surface area contributed by atoms with Crippen LogP contribution in [-0.4, -0.2) is 65.4 Å². The van der Waals surface area contributed by atoms with Crippen LogP contribution in [0.5, 0.6) is 5.75 Å². The molecule has 40 heavy (non-hydrogen) atoms. The van der Waals surface area contributed by atoms with Gasteiger partial charge in [0.2, 0.25) is 5.91 Å². The lowest BCUT2D eigenvalue weighted by molar-refractivity contribution is -0.253. The van der Waals surface area contributed by atoms with Crippen LogP contribution in [0.3, 0.4) is 0 Å². The number of piperazine rings is 1. The van der Waals surface area contributed by atoms with Gasteiger partial charge >= 0.3 is 18.6 Å². The van der Waals surface area contributed by atoms with Crippen LogP contribution < -0.4 is 10.1 Å². The van der Waals surface area contributed by atoms with E-state index in [0.717, 1.165) is 11.6 Å². The standard InChI is InChI=1S/C28H27ClF4N4O3/c1-19(38)36-12-14-37(15-13-36)26(39)35-27(17-20-6-3-2-4-7-20,24-11-10-22(29)18-34-24)21-8-5-9-23(16-21)40-28(32,33)25(30)31/h2-11,16,18,25H,12-15,17H2,1H3,(H,35,39)/t27-/m0/s1. The van der Waals surface area contributed by atoms with E-state index in [2.05, 4.69) is 15.0 Å². The molecule has 1 aliphatic heterocycles. The highest BCUT2D eigenvalue weighted by Gasteiger charge is 2.45. The summed E-state index contributed by atoms with van der Waals surface area (Å²) in [5.74, 6) is -0.611. The van der Waals surface area contributed by atoms with E-state index in [-0.39, 0.29) is 31.0 Å². The Balaban J connectivity index is 1.80. The number of halogens is 5. The van der Waals surface area contributed by atoms with Gasteiger partial charge < -0.3 is 19.9 Å². The van der Waals surface area contributed by atoms with E-state index in [9.17, 15) is 27.2 Å². The van der Waals surface area contributed by atoms with Crippen molar-refractivity contribution in [3.8, 4) is 5.75 Å². The molecule has 0 radical (unpaired) electrons. The lowest BCUT2D eigenvalue weighted by atomic mass is 9.80. The summed E-state index contributed by atoms with van der Waals surface area (Å²) in [6.07, 6.45) is -7.26. The average molecular weight is 579 g/mol. The highest BCUT2D eigenvalue weighted by atomic mass is 35.5. The highest BCUT2D eigenvalue weighted by molar-refractivity contribution is 6.30. The number of carbonyl (C=O) groups excluding carboxylic acids is 2. The van der Waals surface area contributed by atoms with Gasteiger partial charge in [0.1, 0.15) is 11.3 Å². The monoisotopic (exact) mass is 578 g/mol. The zero-order chi connectivity index (χ0) is 28.9. The third-order valence-corrected chi connectivity index (χ3v) is 6.87. The first kappa shape index (κ1) is 29.1. The van der Waals surface area contributed by atoms with Gasteiger partial charge in [-0.3, -0.25) is 9.78 Å². The maximum Gasteiger partial charge on any atom is 0.461 e. The van der Waals surface area contributed by atoms with Gasteiger partial charge in [-0.15, -0.1) is 0 Å². The minimum absolute atomic E-state index is 0.0961. The molecule has 1 N–H and O–H groups in total. The van der Waals surface area contributed by atoms with Gasteiger partial charge in [-0.25, -0.2) is 4.79 Å². The molecule has 1 aromatic heterocycles. The SMILES string of the molecule is CC(=O)N1CCN(C(=O)N[C@@](Cc2ccccc2)(c2cccc(OC(F)(F)C(F)F)c2)c2ccc(Cl)cn2)CC1. The average Bonchev–Trinajstić information content (AvgIpc) is 2.93. The number of aromatic nitrogens is 1. The van der Waals surface area contributed by atoms with Gasteiger partial charge in [-0.1, -0.05) is 54.1 Å². The minimum atomic E-state index is -4.72. The van der Waals surface area contributed by atoms with Gasteiger partial charge in [-0.05, 0) is 35.4 Å². The molecule has 3 aromatic rings. The molecule has 0 bridgehead atoms. The number of amides is 3. The van der Waals surface area contributed by atoms with Gasteiger partial charge in [0.05, 0.1) is 10.7 Å². The van der Waals surface area contributed by atoms with Crippen molar-refractivity contribution in [3.05, 3.63) is 94.8 Å². The summed E-state index contributed by atoms with van der Waals surface area (Å²) in [4.78, 5) is 33.1. The van der Waals surface area contributed by atoms with E-state index in [1.165, 1.54) is 25.3 Å². The zero-order valence-electron chi connectivity index (χ0n) is 21.5. The van der Waals surface area contributed by atoms with E-state index >= 15 is 0 Å². The summed E-state index contributed by atoms with van der Waals surface area (Å²) in [7, 11) is 0. The van der Waals surface area contributed by atoms with Crippen molar-refractivity contribution < 1.29 is 31.9 Å². The molecule has 1 aliphatic rings. The Morgan fingerprint density at radius 3 is 2.27 bits per heavy atom. The molecule has 2 aromatic carbocycles. The fourth-order valence-corrected chi connectivity index (χ4v) is 4.68. The third kappa shape index (κ3) is 6.64. The van der Waals surface area contributed by atoms with Crippen LogP contribution >= 0.6 is 11.6 Å². The smallest absolute Gasteiger partial charge is 0.428 e. The molecule has 1 saturated heterocycles. The van der Waals surface area contributed by atoms with Gasteiger partial charge in [0.25, 0.3) is 0 Å². The molecule has 0 saturated carbocycles. The van der Waals surface area contributed by atoms with Crippen LogP contribution in [0.1, 0.15) is 23.7 Å². The fourth-order valence-electron chi connectivity index (χ4n) is 4.56. The molecule has 1 atom stereocenters. The summed E-state index contributed by atoms with van der Waals surface area (Å²) in [6, 6.07) is 17.0. The third-order valence-electron chi connectivity index (χ3n) is 6.64. The number of urea groups is 1. The van der Waals surface area contributed by atoms with E-state index in [1.54, 1.807) is 40.1 Å². The quantitative estimate of drug-likeness (QED) is 0.367. The number of nitrogens with one attached hydrogen (secondary N) is 1. The summed E-state index contributed by atoms with van der Waals surface area (Å²) >= 11 is 6.10. The van der Waals surface area contributed by atoms with Gasteiger partial charge in [0, 0.05) is 45.7 Å². The zero-order valence-corrected chi connectivity index (χ0v) is 22.3. The number of rotatable bonds is 8. The lowest BCUT2D eigenvalue weighted by Crippen LogP contribution is -2.58. The normalized spacial score (nSPS) is 15.5. The van der Waals surface area contributed by atoms with Crippen molar-refractivity contribution in [3.63, 3.8) is 0 Å². The number of carbonyl (C=O) groups is 2. The summed E-state index contributed by atoms with van der Waals surface area (Å²) in [6.45, 7) is 2.69. The second kappa shape index (κ2) is 12.1. The Hall–Kier alpha value is -3.86. The van der Waals surface area contributed by atoms with Crippen LogP contribution in [0.15, 0.2) is 72.9 Å². The Morgan fingerprint density at radius 1 is 1.00 bits per heavy atom. The number of nitrogens with zero attached hydrogens (tertiary/aromatic N) is 3. The molecule has 0 aliphatic carbocycles. The van der Waals surface area contributed by atoms with E-state index in [0.29, 0.717) is 23.8 Å². The minimum Gasteiger partial charge on any atom is -0.428 e. The molecule has 4 rings (SSSR count). The van der Waals surface area contributed by atoms with Crippen molar-refractivity contribution in [2.75, 3.05) is 26.2 Å². The predicted molar refractivity (Wildman–Crippen MR) is 141 cm³/mol. The first-order valence-corrected chi connectivity index (χ1v) is 12.8. The number of benzene rings is 2. The Morgan fingerprint density at radius 2 is 1.68 bits per heavy atom. The number of ether oxygens (including phenoxy) is 1. The Kier molecular flexibility index (Phi) is 8.82. The molecule has 3 amide bonds. The van der Waals surface area contributed by atoms with Crippen molar-refractivity contribution in [1.29, 1.82) is 0 Å². The first-order valence-electron chi connectivity index (χ1n) is 12.4. The Bertz CT molecular complexity index is 1320. The first-order chi connectivity index (χ1) is 19.0. The molecule has 12 heteroatoms. The van der Waals surface area contributed by atoms with E-state index in [1.807, 2.05) is 18.2 Å². The largest absolute Gasteiger partial charge is 0.461 e. The number of pyridine rings is 1. The van der Waals surface area contributed by atoms with Crippen molar-refractivity contribution >= 4 is 23.5 Å². The molecule has 7 nitrogen and oxygen atoms in total. The van der Waals surface area contributed by atoms with Gasteiger partial charge in [0.15, 0.2) is 0 Å². The lowest BCUT2D eigenvalue weighted by Gasteiger charge is -2.40. The summed E-state index contributed by atoms with van der Waals surface area (Å²) in [5, 5.41) is 3.38. The van der Waals surface area contributed by atoms with Crippen LogP contribution in [0.4, 0.5) is 22.4 Å². The van der Waals surface area contributed by atoms with Crippen LogP contribution in [0.25, 0.3) is 0 Å². The highest BCUT2D eigenvalue weighted by Crippen LogP contribution is 2.36. The molecule has 212 valence electrons. The van der Waals surface area contributed by atoms with Crippen LogP contribution in [0.2, 0.25) is 5.02 Å². The summed E-state index contributed by atoms with van der Waals surface area (Å²) in [5.41, 5.74) is -0.0934. The molecular formula is C28H27ClF4N4O3. The molecule has 2 heterocycles. The van der Waals surface area contributed by atoms with Crippen molar-refractivity contribution in [2.24, 2.45) is 0 Å². The van der Waals surface area contributed by atoms with Crippen LogP contribution in [0, 0.1) is 0 Å². The van der Waals surface area contributed by atoms with Crippen molar-refractivity contribution in [1.82, 2.24) is 20.1 Å². The van der Waals surface area contributed by atoms with Crippen LogP contribution in [-0.2, 0) is 16.8 Å². The van der Waals surface area contributed by atoms with Gasteiger partial charge in [-0.2, -0.15) is 17.6 Å². The topological polar surface area (TPSA) is 74.8 Å². The predicted octanol–water partition coefficient (Wildman–Crippen LogP) is 5.33. The molecule has 0 spiro atoms. The Labute approximate surface area is 233 Å². The fraction of sp³-hybridized carbons (Fsp3) is 0.321. The molecule has 1 fully saturated rings. The van der Waals surface area contributed by atoms with E-state index in [4.69, 9.17) is 11.6 Å².